The van der Waals surface area contributed by atoms with Crippen LogP contribution >= 0.6 is 0 Å². The van der Waals surface area contributed by atoms with Gasteiger partial charge in [-0.3, -0.25) is 4.79 Å². The fourth-order valence-electron chi connectivity index (χ4n) is 3.95. The fourth-order valence-corrected chi connectivity index (χ4v) is 3.95. The fraction of sp³-hybridized carbons (Fsp3) is 0.519. The maximum absolute atomic E-state index is 13.2. The molecule has 1 atom stereocenters. The molecule has 1 amide bonds. The second-order valence-electron chi connectivity index (χ2n) is 9.28. The molecule has 0 radical (unpaired) electrons. The minimum atomic E-state index is -0.430. The number of amides is 1. The van der Waals surface area contributed by atoms with Crippen LogP contribution in [0.15, 0.2) is 36.5 Å². The van der Waals surface area contributed by atoms with E-state index in [0.29, 0.717) is 30.2 Å². The van der Waals surface area contributed by atoms with Gasteiger partial charge in [0.1, 0.15) is 0 Å². The summed E-state index contributed by atoms with van der Waals surface area (Å²) in [6.07, 6.45) is 6.14. The molecule has 1 heterocycles. The molecule has 1 aromatic carbocycles. The van der Waals surface area contributed by atoms with E-state index in [4.69, 9.17) is 9.47 Å². The first-order valence-electron chi connectivity index (χ1n) is 11.8. The molecule has 0 bridgehead atoms. The van der Waals surface area contributed by atoms with Crippen molar-refractivity contribution in [3.05, 3.63) is 53.2 Å². The Morgan fingerprint density at radius 2 is 1.88 bits per heavy atom. The van der Waals surface area contributed by atoms with Crippen LogP contribution in [0.2, 0.25) is 0 Å². The molecule has 0 saturated carbocycles. The van der Waals surface area contributed by atoms with Gasteiger partial charge in [0, 0.05) is 23.9 Å². The number of esters is 1. The van der Waals surface area contributed by atoms with E-state index in [1.165, 1.54) is 7.11 Å². The summed E-state index contributed by atoms with van der Waals surface area (Å²) >= 11 is 0. The van der Waals surface area contributed by atoms with E-state index in [2.05, 4.69) is 38.0 Å². The number of ether oxygens (including phenoxy) is 2. The van der Waals surface area contributed by atoms with Gasteiger partial charge in [0.05, 0.1) is 19.3 Å². The predicted molar refractivity (Wildman–Crippen MR) is 132 cm³/mol. The number of hydrogen-bond donors (Lipinski definition) is 1. The quantitative estimate of drug-likeness (QED) is 0.320. The van der Waals surface area contributed by atoms with E-state index in [0.717, 1.165) is 36.8 Å². The molecule has 0 aliphatic heterocycles. The number of carbonyl (C=O) groups excluding carboxylic acids is 2. The van der Waals surface area contributed by atoms with E-state index < -0.39 is 5.97 Å². The zero-order valence-electron chi connectivity index (χ0n) is 20.9. The SMILES string of the molecule is CCCCCC(CC(=O)Nc1cc(C(=O)OC)ccc1C(C)(C)C)c1cccnc1OCC. The largest absolute Gasteiger partial charge is 0.478 e. The number of aromatic nitrogens is 1. The van der Waals surface area contributed by atoms with Crippen LogP contribution in [0.5, 0.6) is 5.88 Å². The number of hydrogen-bond acceptors (Lipinski definition) is 5. The standard InChI is InChI=1S/C27H38N2O4/c1-7-9-10-12-19(21-13-11-16-28-25(21)33-8-2)18-24(30)29-23-17-20(26(31)32-6)14-15-22(23)27(3,4)5/h11,13-17,19H,7-10,12,18H2,1-6H3,(H,29,30). The predicted octanol–water partition coefficient (Wildman–Crippen LogP) is 6.26. The van der Waals surface area contributed by atoms with Gasteiger partial charge >= 0.3 is 5.97 Å². The van der Waals surface area contributed by atoms with Crippen molar-refractivity contribution in [2.45, 2.75) is 78.1 Å². The molecule has 0 spiro atoms. The van der Waals surface area contributed by atoms with Gasteiger partial charge in [-0.15, -0.1) is 0 Å². The molecular weight excluding hydrogens is 416 g/mol. The van der Waals surface area contributed by atoms with Gasteiger partial charge in [0.25, 0.3) is 0 Å². The second-order valence-corrected chi connectivity index (χ2v) is 9.28. The minimum Gasteiger partial charge on any atom is -0.478 e. The zero-order chi connectivity index (χ0) is 24.4. The van der Waals surface area contributed by atoms with Crippen LogP contribution in [0, 0.1) is 0 Å². The average molecular weight is 455 g/mol. The lowest BCUT2D eigenvalue weighted by atomic mass is 9.85. The van der Waals surface area contributed by atoms with Crippen molar-refractivity contribution in [1.29, 1.82) is 0 Å². The molecule has 0 aliphatic carbocycles. The molecule has 1 N–H and O–H groups in total. The molecule has 1 aromatic heterocycles. The summed E-state index contributed by atoms with van der Waals surface area (Å²) in [4.78, 5) is 29.7. The molecule has 0 aliphatic rings. The topological polar surface area (TPSA) is 77.5 Å². The van der Waals surface area contributed by atoms with Crippen molar-refractivity contribution in [1.82, 2.24) is 4.98 Å². The molecule has 0 saturated heterocycles. The summed E-state index contributed by atoms with van der Waals surface area (Å²) in [6, 6.07) is 9.21. The number of carbonyl (C=O) groups is 2. The van der Waals surface area contributed by atoms with Gasteiger partial charge in [-0.25, -0.2) is 9.78 Å². The molecule has 1 unspecified atom stereocenters. The molecule has 180 valence electrons. The number of rotatable bonds is 11. The summed E-state index contributed by atoms with van der Waals surface area (Å²) in [7, 11) is 1.35. The average Bonchev–Trinajstić information content (AvgIpc) is 2.78. The van der Waals surface area contributed by atoms with Crippen molar-refractivity contribution in [3.63, 3.8) is 0 Å². The number of nitrogens with one attached hydrogen (secondary N) is 1. The van der Waals surface area contributed by atoms with Gasteiger partial charge in [-0.2, -0.15) is 0 Å². The van der Waals surface area contributed by atoms with Crippen molar-refractivity contribution in [3.8, 4) is 5.88 Å². The van der Waals surface area contributed by atoms with Crippen molar-refractivity contribution in [2.24, 2.45) is 0 Å². The van der Waals surface area contributed by atoms with Crippen LogP contribution in [0.3, 0.4) is 0 Å². The van der Waals surface area contributed by atoms with Crippen molar-refractivity contribution in [2.75, 3.05) is 19.0 Å². The van der Waals surface area contributed by atoms with Gasteiger partial charge in [-0.05, 0) is 48.4 Å². The van der Waals surface area contributed by atoms with Crippen molar-refractivity contribution < 1.29 is 19.1 Å². The van der Waals surface area contributed by atoms with Gasteiger partial charge < -0.3 is 14.8 Å². The maximum Gasteiger partial charge on any atom is 0.337 e. The number of anilines is 1. The lowest BCUT2D eigenvalue weighted by Crippen LogP contribution is -2.21. The molecule has 2 aromatic rings. The summed E-state index contributed by atoms with van der Waals surface area (Å²) in [5.74, 6) is 0.0569. The first-order chi connectivity index (χ1) is 15.7. The van der Waals surface area contributed by atoms with E-state index in [1.807, 2.05) is 25.1 Å². The number of nitrogens with zero attached hydrogens (tertiary/aromatic N) is 1. The van der Waals surface area contributed by atoms with E-state index in [9.17, 15) is 9.59 Å². The van der Waals surface area contributed by atoms with Gasteiger partial charge in [0.15, 0.2) is 0 Å². The lowest BCUT2D eigenvalue weighted by Gasteiger charge is -2.24. The third-order valence-electron chi connectivity index (χ3n) is 5.63. The van der Waals surface area contributed by atoms with Crippen LogP contribution in [0.25, 0.3) is 0 Å². The molecule has 0 fully saturated rings. The Labute approximate surface area is 198 Å². The van der Waals surface area contributed by atoms with Crippen LogP contribution in [0.4, 0.5) is 5.69 Å². The van der Waals surface area contributed by atoms with Crippen LogP contribution in [-0.2, 0) is 14.9 Å². The highest BCUT2D eigenvalue weighted by molar-refractivity contribution is 5.96. The summed E-state index contributed by atoms with van der Waals surface area (Å²) in [5, 5.41) is 3.07. The van der Waals surface area contributed by atoms with Crippen LogP contribution < -0.4 is 10.1 Å². The number of benzene rings is 1. The third-order valence-corrected chi connectivity index (χ3v) is 5.63. The monoisotopic (exact) mass is 454 g/mol. The Morgan fingerprint density at radius 3 is 2.52 bits per heavy atom. The Bertz CT molecular complexity index is 934. The lowest BCUT2D eigenvalue weighted by molar-refractivity contribution is -0.116. The van der Waals surface area contributed by atoms with Gasteiger partial charge in [-0.1, -0.05) is 59.1 Å². The molecular formula is C27H38N2O4. The summed E-state index contributed by atoms with van der Waals surface area (Å²) < 4.78 is 10.6. The normalized spacial score (nSPS) is 12.2. The van der Waals surface area contributed by atoms with E-state index >= 15 is 0 Å². The van der Waals surface area contributed by atoms with Crippen molar-refractivity contribution >= 4 is 17.6 Å². The highest BCUT2D eigenvalue weighted by Gasteiger charge is 2.24. The highest BCUT2D eigenvalue weighted by Crippen LogP contribution is 2.34. The molecule has 6 heteroatoms. The maximum atomic E-state index is 13.2. The van der Waals surface area contributed by atoms with Crippen LogP contribution in [0.1, 0.15) is 94.1 Å². The third kappa shape index (κ3) is 7.58. The summed E-state index contributed by atoms with van der Waals surface area (Å²) in [6.45, 7) is 10.8. The first-order valence-corrected chi connectivity index (χ1v) is 11.8. The van der Waals surface area contributed by atoms with Gasteiger partial charge in [0.2, 0.25) is 11.8 Å². The second kappa shape index (κ2) is 12.4. The first kappa shape index (κ1) is 26.4. The molecule has 33 heavy (non-hydrogen) atoms. The number of unbranched alkanes of at least 4 members (excludes halogenated alkanes) is 2. The summed E-state index contributed by atoms with van der Waals surface area (Å²) in [5.41, 5.74) is 2.76. The van der Waals surface area contributed by atoms with E-state index in [-0.39, 0.29) is 17.2 Å². The number of methoxy groups -OCH3 is 1. The minimum absolute atomic E-state index is 0.00586. The van der Waals surface area contributed by atoms with Crippen LogP contribution in [-0.4, -0.2) is 30.6 Å². The molecule has 2 rings (SSSR count). The molecule has 6 nitrogen and oxygen atoms in total. The highest BCUT2D eigenvalue weighted by atomic mass is 16.5. The Balaban J connectivity index is 2.32. The Morgan fingerprint density at radius 1 is 1.12 bits per heavy atom. The van der Waals surface area contributed by atoms with E-state index in [1.54, 1.807) is 18.3 Å². The Kier molecular flexibility index (Phi) is 9.89. The Hall–Kier alpha value is -2.89. The smallest absolute Gasteiger partial charge is 0.337 e. The number of pyridine rings is 1. The zero-order valence-corrected chi connectivity index (χ0v) is 20.9.